The number of aromatic hydroxyl groups is 3. The fourth-order valence-electron chi connectivity index (χ4n) is 3.76. The number of fused-ring (bicyclic) bond motifs is 1. The summed E-state index contributed by atoms with van der Waals surface area (Å²) in [6, 6.07) is 7.14. The summed E-state index contributed by atoms with van der Waals surface area (Å²) < 4.78 is 11.3. The van der Waals surface area contributed by atoms with Crippen LogP contribution >= 0.6 is 0 Å². The van der Waals surface area contributed by atoms with Crippen LogP contribution in [0.25, 0.3) is 22.3 Å². The van der Waals surface area contributed by atoms with E-state index in [2.05, 4.69) is 0 Å². The van der Waals surface area contributed by atoms with Gasteiger partial charge >= 0.3 is 0 Å². The molecule has 7 N–H and O–H groups in total. The first-order valence-electron chi connectivity index (χ1n) is 9.35. The molecule has 1 aromatic heterocycles. The van der Waals surface area contributed by atoms with Gasteiger partial charge in [0.2, 0.25) is 0 Å². The molecule has 0 radical (unpaired) electrons. The van der Waals surface area contributed by atoms with Gasteiger partial charge in [-0.25, -0.2) is 0 Å². The third-order valence-electron chi connectivity index (χ3n) is 5.29. The summed E-state index contributed by atoms with van der Waals surface area (Å²) in [4.78, 5) is 12.6. The molecule has 3 aromatic rings. The van der Waals surface area contributed by atoms with Crippen LogP contribution in [0.1, 0.15) is 11.7 Å². The highest BCUT2D eigenvalue weighted by atomic mass is 16.5. The van der Waals surface area contributed by atoms with Crippen LogP contribution in [0.2, 0.25) is 0 Å². The van der Waals surface area contributed by atoms with E-state index in [0.29, 0.717) is 0 Å². The molecule has 2 aromatic carbocycles. The quantitative estimate of drug-likeness (QED) is 0.300. The van der Waals surface area contributed by atoms with Crippen LogP contribution in [0.4, 0.5) is 0 Å². The highest BCUT2D eigenvalue weighted by Gasteiger charge is 2.44. The summed E-state index contributed by atoms with van der Waals surface area (Å²) in [7, 11) is 0. The number of rotatable bonds is 3. The van der Waals surface area contributed by atoms with Crippen molar-refractivity contribution in [1.29, 1.82) is 0 Å². The van der Waals surface area contributed by atoms with Gasteiger partial charge < -0.3 is 44.9 Å². The number of benzene rings is 2. The molecule has 0 aliphatic carbocycles. The van der Waals surface area contributed by atoms with Gasteiger partial charge in [-0.05, 0) is 23.8 Å². The van der Waals surface area contributed by atoms with Crippen molar-refractivity contribution >= 4 is 11.0 Å². The Hall–Kier alpha value is -3.15. The average molecular weight is 432 g/mol. The number of phenolic OH excluding ortho intramolecular Hbond substituents is 3. The number of hydrogen-bond acceptors (Lipinski definition) is 10. The number of aliphatic hydroxyl groups is 4. The Labute approximate surface area is 174 Å². The first kappa shape index (κ1) is 21.1. The van der Waals surface area contributed by atoms with E-state index < -0.39 is 48.3 Å². The minimum absolute atomic E-state index is 0.0329. The molecule has 10 heteroatoms. The van der Waals surface area contributed by atoms with Crippen molar-refractivity contribution in [3.05, 3.63) is 52.2 Å². The van der Waals surface area contributed by atoms with Crippen LogP contribution in [0.5, 0.6) is 17.2 Å². The lowest BCUT2D eigenvalue weighted by Gasteiger charge is -2.40. The molecule has 0 spiro atoms. The topological polar surface area (TPSA) is 181 Å². The molecule has 4 rings (SSSR count). The van der Waals surface area contributed by atoms with Crippen molar-refractivity contribution in [2.75, 3.05) is 6.61 Å². The van der Waals surface area contributed by atoms with Crippen molar-refractivity contribution in [2.45, 2.75) is 30.5 Å². The van der Waals surface area contributed by atoms with Gasteiger partial charge in [0, 0.05) is 23.8 Å². The summed E-state index contributed by atoms with van der Waals surface area (Å²) in [5.74, 6) is -1.04. The molecule has 31 heavy (non-hydrogen) atoms. The largest absolute Gasteiger partial charge is 0.508 e. The van der Waals surface area contributed by atoms with Crippen LogP contribution in [0.3, 0.4) is 0 Å². The summed E-state index contributed by atoms with van der Waals surface area (Å²) in [6.45, 7) is -0.640. The molecule has 1 aliphatic heterocycles. The summed E-state index contributed by atoms with van der Waals surface area (Å²) in [5.41, 5.74) is -0.401. The van der Waals surface area contributed by atoms with Gasteiger partial charge in [-0.1, -0.05) is 0 Å². The third-order valence-corrected chi connectivity index (χ3v) is 5.29. The monoisotopic (exact) mass is 432 g/mol. The molecule has 164 valence electrons. The van der Waals surface area contributed by atoms with Gasteiger partial charge in [0.1, 0.15) is 64.5 Å². The molecular weight excluding hydrogens is 412 g/mol. The van der Waals surface area contributed by atoms with E-state index in [1.54, 1.807) is 0 Å². The van der Waals surface area contributed by atoms with E-state index in [1.807, 2.05) is 0 Å². The molecule has 0 saturated carbocycles. The number of aliphatic hydroxyl groups excluding tert-OH is 4. The van der Waals surface area contributed by atoms with Gasteiger partial charge in [-0.2, -0.15) is 0 Å². The third kappa shape index (κ3) is 3.60. The van der Waals surface area contributed by atoms with Gasteiger partial charge in [0.15, 0.2) is 5.43 Å². The minimum Gasteiger partial charge on any atom is -0.508 e. The molecule has 1 saturated heterocycles. The lowest BCUT2D eigenvalue weighted by Crippen LogP contribution is -2.55. The molecule has 0 bridgehead atoms. The zero-order valence-corrected chi connectivity index (χ0v) is 15.9. The molecule has 10 nitrogen and oxygen atoms in total. The predicted molar refractivity (Wildman–Crippen MR) is 106 cm³/mol. The minimum atomic E-state index is -1.65. The van der Waals surface area contributed by atoms with E-state index >= 15 is 0 Å². The lowest BCUT2D eigenvalue weighted by molar-refractivity contribution is -0.231. The predicted octanol–water partition coefficient (Wildman–Crippen LogP) is 0.0917. The highest BCUT2D eigenvalue weighted by Crippen LogP contribution is 2.40. The fraction of sp³-hybridized carbons (Fsp3) is 0.286. The van der Waals surface area contributed by atoms with Crippen LogP contribution in [-0.2, 0) is 4.74 Å². The molecule has 5 atom stereocenters. The van der Waals surface area contributed by atoms with Crippen molar-refractivity contribution in [3.8, 4) is 28.6 Å². The Morgan fingerprint density at radius 3 is 2.32 bits per heavy atom. The summed E-state index contributed by atoms with van der Waals surface area (Å²) in [5, 5.41) is 69.6. The van der Waals surface area contributed by atoms with E-state index in [9.17, 15) is 40.5 Å². The maximum atomic E-state index is 12.6. The van der Waals surface area contributed by atoms with Crippen molar-refractivity contribution in [3.63, 3.8) is 0 Å². The lowest BCUT2D eigenvalue weighted by atomic mass is 9.88. The van der Waals surface area contributed by atoms with Crippen molar-refractivity contribution in [1.82, 2.24) is 0 Å². The number of phenols is 3. The summed E-state index contributed by atoms with van der Waals surface area (Å²) in [6.07, 6.45) is -7.32. The standard InChI is InChI=1S/C21H20O10/c22-7-16-18(27)19(28)20(29)21(31-16)11-3-8(23)1-2-10(11)14-6-13(26)17-12(25)4-9(24)5-15(17)30-14/h1-6,16,18-25,27-29H,7H2. The Bertz CT molecular complexity index is 1180. The highest BCUT2D eigenvalue weighted by molar-refractivity contribution is 5.86. The first-order chi connectivity index (χ1) is 14.7. The summed E-state index contributed by atoms with van der Waals surface area (Å²) >= 11 is 0. The van der Waals surface area contributed by atoms with Crippen molar-refractivity contribution < 1.29 is 44.9 Å². The second-order valence-corrected chi connectivity index (χ2v) is 7.33. The maximum absolute atomic E-state index is 12.6. The van der Waals surface area contributed by atoms with E-state index in [0.717, 1.165) is 18.2 Å². The molecular formula is C21H20O10. The Morgan fingerprint density at radius 2 is 1.61 bits per heavy atom. The fourth-order valence-corrected chi connectivity index (χ4v) is 3.76. The number of ether oxygens (including phenoxy) is 1. The van der Waals surface area contributed by atoms with Gasteiger partial charge in [-0.3, -0.25) is 4.79 Å². The maximum Gasteiger partial charge on any atom is 0.197 e. The van der Waals surface area contributed by atoms with E-state index in [-0.39, 0.29) is 39.4 Å². The van der Waals surface area contributed by atoms with E-state index in [4.69, 9.17) is 9.15 Å². The molecule has 2 heterocycles. The average Bonchev–Trinajstić information content (AvgIpc) is 2.71. The Morgan fingerprint density at radius 1 is 0.871 bits per heavy atom. The molecule has 0 amide bonds. The first-order valence-corrected chi connectivity index (χ1v) is 9.35. The second-order valence-electron chi connectivity index (χ2n) is 7.33. The van der Waals surface area contributed by atoms with Crippen LogP contribution < -0.4 is 5.43 Å². The molecule has 1 fully saturated rings. The smallest absolute Gasteiger partial charge is 0.197 e. The number of hydrogen-bond donors (Lipinski definition) is 7. The molecule has 1 aliphatic rings. The normalized spacial score (nSPS) is 26.3. The van der Waals surface area contributed by atoms with Crippen LogP contribution in [0, 0.1) is 0 Å². The van der Waals surface area contributed by atoms with Gasteiger partial charge in [0.05, 0.1) is 6.61 Å². The zero-order chi connectivity index (χ0) is 22.4. The zero-order valence-electron chi connectivity index (χ0n) is 15.9. The van der Waals surface area contributed by atoms with Gasteiger partial charge in [-0.15, -0.1) is 0 Å². The Balaban J connectivity index is 1.89. The van der Waals surface area contributed by atoms with Crippen LogP contribution in [0.15, 0.2) is 45.6 Å². The molecule has 5 unspecified atom stereocenters. The van der Waals surface area contributed by atoms with Crippen LogP contribution in [-0.4, -0.2) is 66.8 Å². The second kappa shape index (κ2) is 7.84. The SMILES string of the molecule is O=c1cc(-c2ccc(O)cc2C2OC(CO)C(O)C(O)C2O)oc2cc(O)cc(O)c12. The Kier molecular flexibility index (Phi) is 5.33. The van der Waals surface area contributed by atoms with E-state index in [1.165, 1.54) is 18.2 Å². The van der Waals surface area contributed by atoms with Gasteiger partial charge in [0.25, 0.3) is 0 Å². The van der Waals surface area contributed by atoms with Crippen molar-refractivity contribution in [2.24, 2.45) is 0 Å².